The number of nitrogens with one attached hydrogen (secondary N) is 1. The second-order valence-corrected chi connectivity index (χ2v) is 4.31. The normalized spacial score (nSPS) is 26.5. The molecule has 5 heteroatoms. The Hall–Kier alpha value is -1.10. The highest BCUT2D eigenvalue weighted by Crippen LogP contribution is 2.22. The number of likely N-dealkylation sites (N-methyl/N-ethyl adjacent to an activating group) is 1. The zero-order valence-corrected chi connectivity index (χ0v) is 11.6. The standard InChI is InChI=1S/C11H18N2O3.C2H6/c1-12-10(14)8-4-2-6-13(8)11(15)9-5-3-7-16-9;1-2/h8-9H,2-7H2,1H3,(H,12,14);1-2H3. The summed E-state index contributed by atoms with van der Waals surface area (Å²) in [7, 11) is 1.61. The van der Waals surface area contributed by atoms with Gasteiger partial charge < -0.3 is 15.0 Å². The van der Waals surface area contributed by atoms with Crippen molar-refractivity contribution in [3.05, 3.63) is 0 Å². The first-order valence-electron chi connectivity index (χ1n) is 6.87. The molecule has 2 amide bonds. The Morgan fingerprint density at radius 1 is 1.22 bits per heavy atom. The summed E-state index contributed by atoms with van der Waals surface area (Å²) in [5, 5.41) is 2.61. The van der Waals surface area contributed by atoms with Crippen molar-refractivity contribution in [1.82, 2.24) is 10.2 Å². The monoisotopic (exact) mass is 256 g/mol. The summed E-state index contributed by atoms with van der Waals surface area (Å²) in [6, 6.07) is -0.290. The lowest BCUT2D eigenvalue weighted by atomic mass is 10.1. The summed E-state index contributed by atoms with van der Waals surface area (Å²) in [5.74, 6) is -0.0764. The average molecular weight is 256 g/mol. The van der Waals surface area contributed by atoms with Crippen molar-refractivity contribution in [2.24, 2.45) is 0 Å². The van der Waals surface area contributed by atoms with Gasteiger partial charge in [0.05, 0.1) is 0 Å². The van der Waals surface area contributed by atoms with Crippen LogP contribution in [0.5, 0.6) is 0 Å². The maximum absolute atomic E-state index is 12.1. The van der Waals surface area contributed by atoms with Crippen molar-refractivity contribution < 1.29 is 14.3 Å². The summed E-state index contributed by atoms with van der Waals surface area (Å²) < 4.78 is 5.37. The largest absolute Gasteiger partial charge is 0.368 e. The lowest BCUT2D eigenvalue weighted by Crippen LogP contribution is -2.48. The maximum Gasteiger partial charge on any atom is 0.252 e. The lowest BCUT2D eigenvalue weighted by Gasteiger charge is -2.25. The van der Waals surface area contributed by atoms with Gasteiger partial charge in [-0.2, -0.15) is 0 Å². The van der Waals surface area contributed by atoms with Gasteiger partial charge in [0.15, 0.2) is 0 Å². The summed E-state index contributed by atoms with van der Waals surface area (Å²) in [6.45, 7) is 5.34. The molecular weight excluding hydrogens is 232 g/mol. The summed E-state index contributed by atoms with van der Waals surface area (Å²) in [4.78, 5) is 25.4. The van der Waals surface area contributed by atoms with E-state index in [9.17, 15) is 9.59 Å². The second kappa shape index (κ2) is 7.36. The zero-order valence-electron chi connectivity index (χ0n) is 11.6. The quantitative estimate of drug-likeness (QED) is 0.799. The molecule has 2 heterocycles. The third-order valence-corrected chi connectivity index (χ3v) is 3.29. The van der Waals surface area contributed by atoms with E-state index >= 15 is 0 Å². The first kappa shape index (κ1) is 15.0. The van der Waals surface area contributed by atoms with Gasteiger partial charge in [0.2, 0.25) is 5.91 Å². The molecule has 0 aromatic rings. The van der Waals surface area contributed by atoms with Crippen molar-refractivity contribution in [3.8, 4) is 0 Å². The fourth-order valence-corrected chi connectivity index (χ4v) is 2.43. The number of carbonyl (C=O) groups excluding carboxylic acids is 2. The van der Waals surface area contributed by atoms with Crippen LogP contribution in [0, 0.1) is 0 Å². The van der Waals surface area contributed by atoms with E-state index in [1.54, 1.807) is 11.9 Å². The molecule has 2 unspecified atom stereocenters. The highest BCUT2D eigenvalue weighted by Gasteiger charge is 2.37. The van der Waals surface area contributed by atoms with Crippen LogP contribution >= 0.6 is 0 Å². The summed E-state index contributed by atoms with van der Waals surface area (Å²) >= 11 is 0. The number of rotatable bonds is 2. The third kappa shape index (κ3) is 3.22. The Kier molecular flexibility index (Phi) is 6.12. The molecule has 2 aliphatic rings. The number of ether oxygens (including phenoxy) is 1. The van der Waals surface area contributed by atoms with Gasteiger partial charge in [-0.3, -0.25) is 9.59 Å². The predicted octanol–water partition coefficient (Wildman–Crippen LogP) is 0.929. The number of nitrogens with zero attached hydrogens (tertiary/aromatic N) is 1. The van der Waals surface area contributed by atoms with Crippen LogP contribution in [0.15, 0.2) is 0 Å². The average Bonchev–Trinajstić information content (AvgIpc) is 3.10. The molecule has 0 spiro atoms. The molecule has 2 aliphatic heterocycles. The second-order valence-electron chi connectivity index (χ2n) is 4.31. The summed E-state index contributed by atoms with van der Waals surface area (Å²) in [6.07, 6.45) is 3.07. The van der Waals surface area contributed by atoms with E-state index in [-0.39, 0.29) is 24.0 Å². The lowest BCUT2D eigenvalue weighted by molar-refractivity contribution is -0.145. The van der Waals surface area contributed by atoms with Gasteiger partial charge in [-0.05, 0) is 25.7 Å². The Labute approximate surface area is 109 Å². The summed E-state index contributed by atoms with van der Waals surface area (Å²) in [5.41, 5.74) is 0. The fraction of sp³-hybridized carbons (Fsp3) is 0.846. The van der Waals surface area contributed by atoms with Crippen LogP contribution in [-0.4, -0.2) is 49.1 Å². The molecule has 18 heavy (non-hydrogen) atoms. The molecule has 2 saturated heterocycles. The molecule has 5 nitrogen and oxygen atoms in total. The first-order valence-corrected chi connectivity index (χ1v) is 6.87. The number of likely N-dealkylation sites (tertiary alicyclic amines) is 1. The third-order valence-electron chi connectivity index (χ3n) is 3.29. The Bertz CT molecular complexity index is 288. The number of carbonyl (C=O) groups is 2. The van der Waals surface area contributed by atoms with Gasteiger partial charge in [0, 0.05) is 20.2 Å². The van der Waals surface area contributed by atoms with Crippen LogP contribution in [0.1, 0.15) is 39.5 Å². The topological polar surface area (TPSA) is 58.6 Å². The molecule has 2 atom stereocenters. The van der Waals surface area contributed by atoms with E-state index in [0.29, 0.717) is 13.2 Å². The van der Waals surface area contributed by atoms with E-state index < -0.39 is 0 Å². The van der Waals surface area contributed by atoms with Gasteiger partial charge in [0.25, 0.3) is 5.91 Å². The smallest absolute Gasteiger partial charge is 0.252 e. The molecule has 2 rings (SSSR count). The van der Waals surface area contributed by atoms with E-state index in [2.05, 4.69) is 5.32 Å². The Balaban J connectivity index is 0.000000771. The van der Waals surface area contributed by atoms with Crippen LogP contribution in [0.2, 0.25) is 0 Å². The van der Waals surface area contributed by atoms with Crippen LogP contribution in [0.3, 0.4) is 0 Å². The number of hydrogen-bond donors (Lipinski definition) is 1. The fourth-order valence-electron chi connectivity index (χ4n) is 2.43. The van der Waals surface area contributed by atoms with Crippen LogP contribution < -0.4 is 5.32 Å². The number of amides is 2. The minimum Gasteiger partial charge on any atom is -0.368 e. The Morgan fingerprint density at radius 3 is 2.50 bits per heavy atom. The van der Waals surface area contributed by atoms with Crippen LogP contribution in [-0.2, 0) is 14.3 Å². The number of hydrogen-bond acceptors (Lipinski definition) is 3. The van der Waals surface area contributed by atoms with Gasteiger partial charge >= 0.3 is 0 Å². The molecule has 104 valence electrons. The molecule has 0 radical (unpaired) electrons. The molecular formula is C13H24N2O3. The maximum atomic E-state index is 12.1. The SMILES string of the molecule is CC.CNC(=O)C1CCCN1C(=O)C1CCCO1. The predicted molar refractivity (Wildman–Crippen MR) is 69.1 cm³/mol. The van der Waals surface area contributed by atoms with Crippen molar-refractivity contribution in [2.45, 2.75) is 51.7 Å². The minimum absolute atomic E-state index is 0.0106. The van der Waals surface area contributed by atoms with Crippen molar-refractivity contribution in [1.29, 1.82) is 0 Å². The van der Waals surface area contributed by atoms with Crippen molar-refractivity contribution >= 4 is 11.8 Å². The van der Waals surface area contributed by atoms with Gasteiger partial charge in [-0.15, -0.1) is 0 Å². The van der Waals surface area contributed by atoms with Crippen LogP contribution in [0.4, 0.5) is 0 Å². The highest BCUT2D eigenvalue weighted by molar-refractivity contribution is 5.89. The van der Waals surface area contributed by atoms with Crippen LogP contribution in [0.25, 0.3) is 0 Å². The van der Waals surface area contributed by atoms with E-state index in [1.807, 2.05) is 13.8 Å². The Morgan fingerprint density at radius 2 is 1.94 bits per heavy atom. The van der Waals surface area contributed by atoms with Gasteiger partial charge in [0.1, 0.15) is 12.1 Å². The van der Waals surface area contributed by atoms with Gasteiger partial charge in [-0.25, -0.2) is 0 Å². The van der Waals surface area contributed by atoms with Crippen molar-refractivity contribution in [2.75, 3.05) is 20.2 Å². The molecule has 0 aromatic heterocycles. The molecule has 0 aliphatic carbocycles. The molecule has 0 saturated carbocycles. The first-order chi connectivity index (χ1) is 8.74. The zero-order chi connectivity index (χ0) is 13.5. The van der Waals surface area contributed by atoms with E-state index in [4.69, 9.17) is 4.74 Å². The highest BCUT2D eigenvalue weighted by atomic mass is 16.5. The van der Waals surface area contributed by atoms with E-state index in [0.717, 1.165) is 25.7 Å². The molecule has 2 fully saturated rings. The van der Waals surface area contributed by atoms with Crippen molar-refractivity contribution in [3.63, 3.8) is 0 Å². The van der Waals surface area contributed by atoms with E-state index in [1.165, 1.54) is 0 Å². The molecule has 0 aromatic carbocycles. The molecule has 1 N–H and O–H groups in total. The minimum atomic E-state index is -0.315. The molecule has 0 bridgehead atoms. The van der Waals surface area contributed by atoms with Gasteiger partial charge in [-0.1, -0.05) is 13.8 Å².